The fraction of sp³-hybridized carbons (Fsp3) is 0.267. The van der Waals surface area contributed by atoms with Gasteiger partial charge in [-0.3, -0.25) is 9.10 Å². The van der Waals surface area contributed by atoms with Gasteiger partial charge in [0, 0.05) is 18.8 Å². The van der Waals surface area contributed by atoms with Crippen molar-refractivity contribution in [3.8, 4) is 0 Å². The molecule has 0 radical (unpaired) electrons. The molecule has 1 aliphatic heterocycles. The maximum absolute atomic E-state index is 12.8. The van der Waals surface area contributed by atoms with E-state index < -0.39 is 10.0 Å². The third kappa shape index (κ3) is 2.58. The van der Waals surface area contributed by atoms with E-state index in [-0.39, 0.29) is 10.5 Å². The van der Waals surface area contributed by atoms with Crippen LogP contribution in [-0.2, 0) is 16.4 Å². The van der Waals surface area contributed by atoms with Crippen LogP contribution < -0.4 is 9.86 Å². The normalized spacial score (nSPS) is 15.3. The van der Waals surface area contributed by atoms with Gasteiger partial charge < -0.3 is 4.98 Å². The quantitative estimate of drug-likeness (QED) is 0.921. The maximum atomic E-state index is 12.8. The highest BCUT2D eigenvalue weighted by Crippen LogP contribution is 2.30. The molecule has 1 aromatic heterocycles. The van der Waals surface area contributed by atoms with E-state index in [0.717, 1.165) is 30.5 Å². The van der Waals surface area contributed by atoms with Gasteiger partial charge in [0.05, 0.1) is 5.69 Å². The molecule has 1 aliphatic rings. The van der Waals surface area contributed by atoms with Crippen molar-refractivity contribution in [1.29, 1.82) is 0 Å². The van der Waals surface area contributed by atoms with E-state index in [4.69, 9.17) is 0 Å². The second kappa shape index (κ2) is 5.37. The summed E-state index contributed by atoms with van der Waals surface area (Å²) < 4.78 is 27.1. The average Bonchev–Trinajstić information content (AvgIpc) is 2.70. The number of aromatic nitrogens is 1. The summed E-state index contributed by atoms with van der Waals surface area (Å²) in [6.45, 7) is 0.457. The first-order valence-corrected chi connectivity index (χ1v) is 8.32. The number of hydrogen-bond acceptors (Lipinski definition) is 3. The predicted molar refractivity (Wildman–Crippen MR) is 81.0 cm³/mol. The highest BCUT2D eigenvalue weighted by molar-refractivity contribution is 7.92. The Labute approximate surface area is 123 Å². The van der Waals surface area contributed by atoms with Crippen LogP contribution in [0.3, 0.4) is 0 Å². The van der Waals surface area contributed by atoms with E-state index in [1.54, 1.807) is 0 Å². The lowest BCUT2D eigenvalue weighted by molar-refractivity contribution is 0.589. The molecule has 0 fully saturated rings. The first-order chi connectivity index (χ1) is 10.1. The number of fused-ring (bicyclic) bond motifs is 1. The summed E-state index contributed by atoms with van der Waals surface area (Å²) in [5, 5.41) is 0. The minimum absolute atomic E-state index is 0.110. The smallest absolute Gasteiger partial charge is 0.265 e. The van der Waals surface area contributed by atoms with Crippen LogP contribution in [0.2, 0.25) is 0 Å². The van der Waals surface area contributed by atoms with Gasteiger partial charge in [0.2, 0.25) is 5.56 Å². The molecule has 0 unspecified atom stereocenters. The standard InChI is InChI=1S/C15H16N2O3S/c18-15-9-8-13(11-16-15)21(19,20)17-10-4-3-6-12-5-1-2-7-14(12)17/h1-2,5,7-9,11H,3-4,6,10H2,(H,16,18). The molecule has 5 nitrogen and oxygen atoms in total. The number of pyridine rings is 1. The second-order valence-electron chi connectivity index (χ2n) is 5.05. The second-order valence-corrected chi connectivity index (χ2v) is 6.91. The van der Waals surface area contributed by atoms with Crippen LogP contribution in [0, 0.1) is 0 Å². The van der Waals surface area contributed by atoms with Gasteiger partial charge >= 0.3 is 0 Å². The molecule has 0 spiro atoms. The Morgan fingerprint density at radius 2 is 1.86 bits per heavy atom. The molecule has 0 saturated heterocycles. The fourth-order valence-electron chi connectivity index (χ4n) is 2.59. The average molecular weight is 304 g/mol. The molecule has 1 N–H and O–H groups in total. The van der Waals surface area contributed by atoms with Gasteiger partial charge in [-0.15, -0.1) is 0 Å². The molecular formula is C15H16N2O3S. The van der Waals surface area contributed by atoms with E-state index in [2.05, 4.69) is 4.98 Å². The van der Waals surface area contributed by atoms with Gasteiger partial charge in [-0.1, -0.05) is 18.2 Å². The van der Waals surface area contributed by atoms with Gasteiger partial charge in [0.1, 0.15) is 4.90 Å². The minimum atomic E-state index is -3.65. The summed E-state index contributed by atoms with van der Waals surface area (Å²) in [7, 11) is -3.65. The number of nitrogens with zero attached hydrogens (tertiary/aromatic N) is 1. The van der Waals surface area contributed by atoms with Crippen LogP contribution in [0.15, 0.2) is 52.3 Å². The van der Waals surface area contributed by atoms with Crippen molar-refractivity contribution < 1.29 is 8.42 Å². The van der Waals surface area contributed by atoms with Crippen LogP contribution in [0.4, 0.5) is 5.69 Å². The number of benzene rings is 1. The largest absolute Gasteiger partial charge is 0.328 e. The molecule has 3 rings (SSSR count). The molecule has 0 saturated carbocycles. The molecular weight excluding hydrogens is 288 g/mol. The minimum Gasteiger partial charge on any atom is -0.328 e. The van der Waals surface area contributed by atoms with E-state index in [1.807, 2.05) is 24.3 Å². The van der Waals surface area contributed by atoms with Crippen molar-refractivity contribution >= 4 is 15.7 Å². The van der Waals surface area contributed by atoms with Crippen molar-refractivity contribution in [1.82, 2.24) is 4.98 Å². The zero-order valence-electron chi connectivity index (χ0n) is 11.5. The molecule has 6 heteroatoms. The van der Waals surface area contributed by atoms with Crippen molar-refractivity contribution in [2.24, 2.45) is 0 Å². The fourth-order valence-corrected chi connectivity index (χ4v) is 4.10. The molecule has 0 amide bonds. The summed E-state index contributed by atoms with van der Waals surface area (Å²) >= 11 is 0. The first-order valence-electron chi connectivity index (χ1n) is 6.88. The number of sulfonamides is 1. The number of nitrogens with one attached hydrogen (secondary N) is 1. The molecule has 110 valence electrons. The third-order valence-corrected chi connectivity index (χ3v) is 5.47. The van der Waals surface area contributed by atoms with E-state index >= 15 is 0 Å². The lowest BCUT2D eigenvalue weighted by atomic mass is 10.1. The van der Waals surface area contributed by atoms with Crippen LogP contribution in [-0.4, -0.2) is 19.9 Å². The first kappa shape index (κ1) is 13.9. The molecule has 0 bridgehead atoms. The Kier molecular flexibility index (Phi) is 3.55. The maximum Gasteiger partial charge on any atom is 0.265 e. The Hall–Kier alpha value is -2.08. The number of aryl methyl sites for hydroxylation is 1. The number of aromatic amines is 1. The van der Waals surface area contributed by atoms with Gasteiger partial charge in [0.25, 0.3) is 10.0 Å². The number of para-hydroxylation sites is 1. The highest BCUT2D eigenvalue weighted by Gasteiger charge is 2.27. The number of hydrogen-bond donors (Lipinski definition) is 1. The molecule has 21 heavy (non-hydrogen) atoms. The Morgan fingerprint density at radius 1 is 1.05 bits per heavy atom. The Balaban J connectivity index is 2.10. The summed E-state index contributed by atoms with van der Waals surface area (Å²) in [4.78, 5) is 13.6. The highest BCUT2D eigenvalue weighted by atomic mass is 32.2. The van der Waals surface area contributed by atoms with Crippen molar-refractivity contribution in [3.05, 3.63) is 58.5 Å². The van der Waals surface area contributed by atoms with Crippen molar-refractivity contribution in [3.63, 3.8) is 0 Å². The van der Waals surface area contributed by atoms with Crippen molar-refractivity contribution in [2.45, 2.75) is 24.2 Å². The zero-order valence-corrected chi connectivity index (χ0v) is 12.3. The van der Waals surface area contributed by atoms with Gasteiger partial charge in [0.15, 0.2) is 0 Å². The lowest BCUT2D eigenvalue weighted by Gasteiger charge is -2.24. The molecule has 0 atom stereocenters. The van der Waals surface area contributed by atoms with Gasteiger partial charge in [-0.25, -0.2) is 8.42 Å². The predicted octanol–water partition coefficient (Wildman–Crippen LogP) is 1.91. The zero-order chi connectivity index (χ0) is 14.9. The molecule has 2 heterocycles. The monoisotopic (exact) mass is 304 g/mol. The number of anilines is 1. The third-order valence-electron chi connectivity index (χ3n) is 3.66. The number of H-pyrrole nitrogens is 1. The lowest BCUT2D eigenvalue weighted by Crippen LogP contribution is -2.32. The van der Waals surface area contributed by atoms with Gasteiger partial charge in [-0.05, 0) is 37.0 Å². The molecule has 0 aliphatic carbocycles. The van der Waals surface area contributed by atoms with Crippen LogP contribution in [0.5, 0.6) is 0 Å². The van der Waals surface area contributed by atoms with Crippen LogP contribution in [0.25, 0.3) is 0 Å². The van der Waals surface area contributed by atoms with E-state index in [0.29, 0.717) is 6.54 Å². The Morgan fingerprint density at radius 3 is 2.62 bits per heavy atom. The van der Waals surface area contributed by atoms with E-state index in [9.17, 15) is 13.2 Å². The van der Waals surface area contributed by atoms with Gasteiger partial charge in [-0.2, -0.15) is 0 Å². The Bertz CT molecular complexity index is 791. The summed E-state index contributed by atoms with van der Waals surface area (Å²) in [6.07, 6.45) is 3.92. The number of rotatable bonds is 2. The van der Waals surface area contributed by atoms with Crippen LogP contribution in [0.1, 0.15) is 18.4 Å². The van der Waals surface area contributed by atoms with Crippen molar-refractivity contribution in [2.75, 3.05) is 10.8 Å². The van der Waals surface area contributed by atoms with E-state index in [1.165, 1.54) is 22.6 Å². The SMILES string of the molecule is O=c1ccc(S(=O)(=O)N2CCCCc3ccccc32)c[nH]1. The molecule has 2 aromatic rings. The molecule has 1 aromatic carbocycles. The topological polar surface area (TPSA) is 70.2 Å². The van der Waals surface area contributed by atoms with Crippen LogP contribution >= 0.6 is 0 Å². The summed E-state index contributed by atoms with van der Waals surface area (Å²) in [6, 6.07) is 10.2. The summed E-state index contributed by atoms with van der Waals surface area (Å²) in [5.41, 5.74) is 1.47. The summed E-state index contributed by atoms with van der Waals surface area (Å²) in [5.74, 6) is 0.